The van der Waals surface area contributed by atoms with Gasteiger partial charge in [0.1, 0.15) is 0 Å². The summed E-state index contributed by atoms with van der Waals surface area (Å²) < 4.78 is 1.85. The van der Waals surface area contributed by atoms with Crippen LogP contribution in [0, 0.1) is 0 Å². The fourth-order valence-electron chi connectivity index (χ4n) is 3.71. The summed E-state index contributed by atoms with van der Waals surface area (Å²) >= 11 is 0. The van der Waals surface area contributed by atoms with Gasteiger partial charge in [-0.3, -0.25) is 9.69 Å². The van der Waals surface area contributed by atoms with E-state index in [1.165, 1.54) is 0 Å². The third-order valence-electron chi connectivity index (χ3n) is 5.67. The number of hydrogen-bond acceptors (Lipinski definition) is 6. The minimum Gasteiger partial charge on any atom is -0.493 e. The molecule has 1 aliphatic rings. The van der Waals surface area contributed by atoms with Gasteiger partial charge in [0, 0.05) is 44.7 Å². The molecule has 0 spiro atoms. The Morgan fingerprint density at radius 3 is 2.52 bits per heavy atom. The lowest BCUT2D eigenvalue weighted by Gasteiger charge is -2.31. The summed E-state index contributed by atoms with van der Waals surface area (Å²) in [6.45, 7) is 11.5. The van der Waals surface area contributed by atoms with Crippen LogP contribution < -0.4 is 0 Å². The number of azo groups is 1. The zero-order chi connectivity index (χ0) is 20.8. The molecular weight excluding hydrogens is 368 g/mol. The SMILES string of the molecule is CCN(CC)CCn1c(O)c(N=NC(=O)CN2CCN(C)CC2)c2ccccc21. The standard InChI is InChI=1S/C21H32N6O2/c1-4-25(5-2)14-15-27-18-9-7-6-8-17(18)20(21(27)29)23-22-19(28)16-26-12-10-24(3)11-13-26/h6-9,29H,4-5,10-16H2,1-3H3. The van der Waals surface area contributed by atoms with Crippen LogP contribution in [0.1, 0.15) is 13.8 Å². The summed E-state index contributed by atoms with van der Waals surface area (Å²) in [5.41, 5.74) is 1.27. The van der Waals surface area contributed by atoms with E-state index in [1.807, 2.05) is 28.8 Å². The van der Waals surface area contributed by atoms with E-state index >= 15 is 0 Å². The van der Waals surface area contributed by atoms with Crippen LogP contribution in [0.25, 0.3) is 10.9 Å². The number of benzene rings is 1. The van der Waals surface area contributed by atoms with E-state index in [1.54, 1.807) is 0 Å². The van der Waals surface area contributed by atoms with Crippen molar-refractivity contribution in [3.63, 3.8) is 0 Å². The smallest absolute Gasteiger partial charge is 0.278 e. The number of aromatic hydroxyl groups is 1. The number of amides is 1. The normalized spacial score (nSPS) is 16.4. The number of nitrogens with zero attached hydrogens (tertiary/aromatic N) is 6. The number of aromatic nitrogens is 1. The molecule has 1 aromatic carbocycles. The molecule has 1 amide bonds. The van der Waals surface area contributed by atoms with Crippen molar-refractivity contribution >= 4 is 22.5 Å². The predicted molar refractivity (Wildman–Crippen MR) is 115 cm³/mol. The largest absolute Gasteiger partial charge is 0.493 e. The molecule has 2 aromatic rings. The summed E-state index contributed by atoms with van der Waals surface area (Å²) in [5, 5.41) is 19.7. The summed E-state index contributed by atoms with van der Waals surface area (Å²) in [6.07, 6.45) is 0. The van der Waals surface area contributed by atoms with Crippen molar-refractivity contribution in [2.24, 2.45) is 10.2 Å². The number of hydrogen-bond donors (Lipinski definition) is 1. The van der Waals surface area contributed by atoms with E-state index in [0.29, 0.717) is 12.2 Å². The number of likely N-dealkylation sites (N-methyl/N-ethyl adjacent to an activating group) is 2. The quantitative estimate of drug-likeness (QED) is 0.689. The molecule has 1 saturated heterocycles. The first kappa shape index (κ1) is 21.4. The van der Waals surface area contributed by atoms with Crippen molar-refractivity contribution in [2.75, 3.05) is 59.4 Å². The molecule has 0 aliphatic carbocycles. The molecular formula is C21H32N6O2. The monoisotopic (exact) mass is 400 g/mol. The maximum Gasteiger partial charge on any atom is 0.278 e. The molecule has 8 nitrogen and oxygen atoms in total. The number of carbonyl (C=O) groups excluding carboxylic acids is 1. The summed E-state index contributed by atoms with van der Waals surface area (Å²) in [5.74, 6) is -0.219. The topological polar surface area (TPSA) is 76.7 Å². The summed E-state index contributed by atoms with van der Waals surface area (Å²) in [4.78, 5) is 18.9. The highest BCUT2D eigenvalue weighted by Crippen LogP contribution is 2.38. The molecule has 3 rings (SSSR count). The van der Waals surface area contributed by atoms with E-state index in [9.17, 15) is 9.90 Å². The van der Waals surface area contributed by atoms with Crippen LogP contribution in [0.5, 0.6) is 5.88 Å². The maximum absolute atomic E-state index is 12.3. The van der Waals surface area contributed by atoms with Gasteiger partial charge >= 0.3 is 0 Å². The Balaban J connectivity index is 1.75. The van der Waals surface area contributed by atoms with Gasteiger partial charge < -0.3 is 19.5 Å². The molecule has 2 heterocycles. The predicted octanol–water partition coefficient (Wildman–Crippen LogP) is 2.55. The van der Waals surface area contributed by atoms with Crippen molar-refractivity contribution in [3.8, 4) is 5.88 Å². The lowest BCUT2D eigenvalue weighted by molar-refractivity contribution is -0.119. The van der Waals surface area contributed by atoms with Gasteiger partial charge in [0.2, 0.25) is 5.88 Å². The fourth-order valence-corrected chi connectivity index (χ4v) is 3.71. The molecule has 0 saturated carbocycles. The molecule has 0 atom stereocenters. The molecule has 29 heavy (non-hydrogen) atoms. The van der Waals surface area contributed by atoms with E-state index in [2.05, 4.69) is 45.8 Å². The van der Waals surface area contributed by atoms with Gasteiger partial charge in [0.05, 0.1) is 12.1 Å². The average molecular weight is 401 g/mol. The molecule has 0 radical (unpaired) electrons. The van der Waals surface area contributed by atoms with Crippen molar-refractivity contribution in [1.29, 1.82) is 0 Å². The second-order valence-corrected chi connectivity index (χ2v) is 7.54. The number of piperazine rings is 1. The van der Waals surface area contributed by atoms with Crippen LogP contribution >= 0.6 is 0 Å². The van der Waals surface area contributed by atoms with E-state index in [4.69, 9.17) is 0 Å². The number of para-hydroxylation sites is 1. The van der Waals surface area contributed by atoms with Gasteiger partial charge in [-0.05, 0) is 26.2 Å². The van der Waals surface area contributed by atoms with Gasteiger partial charge in [0.15, 0.2) is 5.69 Å². The van der Waals surface area contributed by atoms with Crippen molar-refractivity contribution in [2.45, 2.75) is 20.4 Å². The minimum atomic E-state index is -0.283. The lowest BCUT2D eigenvalue weighted by Crippen LogP contribution is -2.46. The third kappa shape index (κ3) is 5.20. The van der Waals surface area contributed by atoms with Crippen LogP contribution in [-0.4, -0.2) is 89.7 Å². The Labute approximate surface area is 172 Å². The van der Waals surface area contributed by atoms with Crippen LogP contribution in [0.15, 0.2) is 34.5 Å². The molecule has 0 unspecified atom stereocenters. The number of rotatable bonds is 8. The van der Waals surface area contributed by atoms with Gasteiger partial charge in [-0.15, -0.1) is 10.2 Å². The Morgan fingerprint density at radius 1 is 1.14 bits per heavy atom. The van der Waals surface area contributed by atoms with Crippen LogP contribution in [0.3, 0.4) is 0 Å². The highest BCUT2D eigenvalue weighted by Gasteiger charge is 2.19. The van der Waals surface area contributed by atoms with Crippen molar-refractivity contribution < 1.29 is 9.90 Å². The molecule has 8 heteroatoms. The molecule has 0 bridgehead atoms. The van der Waals surface area contributed by atoms with Gasteiger partial charge in [-0.25, -0.2) is 0 Å². The van der Waals surface area contributed by atoms with Gasteiger partial charge in [0.25, 0.3) is 5.91 Å². The third-order valence-corrected chi connectivity index (χ3v) is 5.67. The highest BCUT2D eigenvalue weighted by atomic mass is 16.3. The molecule has 158 valence electrons. The van der Waals surface area contributed by atoms with E-state index < -0.39 is 0 Å². The highest BCUT2D eigenvalue weighted by molar-refractivity contribution is 5.95. The van der Waals surface area contributed by atoms with Crippen LogP contribution in [0.4, 0.5) is 5.69 Å². The van der Waals surface area contributed by atoms with E-state index in [-0.39, 0.29) is 18.3 Å². The summed E-state index contributed by atoms with van der Waals surface area (Å²) in [7, 11) is 2.08. The van der Waals surface area contributed by atoms with E-state index in [0.717, 1.165) is 56.7 Å². The second kappa shape index (κ2) is 9.96. The second-order valence-electron chi connectivity index (χ2n) is 7.54. The Kier molecular flexibility index (Phi) is 7.35. The Morgan fingerprint density at radius 2 is 1.83 bits per heavy atom. The van der Waals surface area contributed by atoms with Gasteiger partial charge in [-0.2, -0.15) is 0 Å². The summed E-state index contributed by atoms with van der Waals surface area (Å²) in [6, 6.07) is 7.71. The first-order chi connectivity index (χ1) is 14.0. The molecule has 1 fully saturated rings. The van der Waals surface area contributed by atoms with Crippen LogP contribution in [-0.2, 0) is 11.3 Å². The maximum atomic E-state index is 12.3. The molecule has 1 N–H and O–H groups in total. The molecule has 1 aliphatic heterocycles. The molecule has 1 aromatic heterocycles. The zero-order valence-electron chi connectivity index (χ0n) is 17.7. The van der Waals surface area contributed by atoms with Crippen molar-refractivity contribution in [3.05, 3.63) is 24.3 Å². The van der Waals surface area contributed by atoms with Crippen LogP contribution in [0.2, 0.25) is 0 Å². The first-order valence-electron chi connectivity index (χ1n) is 10.4. The Bertz CT molecular complexity index is 850. The van der Waals surface area contributed by atoms with Gasteiger partial charge in [-0.1, -0.05) is 32.0 Å². The zero-order valence-corrected chi connectivity index (χ0v) is 17.7. The Hall–Kier alpha value is -2.29. The lowest BCUT2D eigenvalue weighted by atomic mass is 10.2. The number of carbonyl (C=O) groups is 1. The van der Waals surface area contributed by atoms with Crippen molar-refractivity contribution in [1.82, 2.24) is 19.3 Å². The first-order valence-corrected chi connectivity index (χ1v) is 10.4. The average Bonchev–Trinajstić information content (AvgIpc) is 3.00. The number of fused-ring (bicyclic) bond motifs is 1. The minimum absolute atomic E-state index is 0.0644. The fraction of sp³-hybridized carbons (Fsp3) is 0.571.